The van der Waals surface area contributed by atoms with E-state index in [1.807, 2.05) is 31.2 Å². The van der Waals surface area contributed by atoms with Crippen molar-refractivity contribution in [3.63, 3.8) is 0 Å². The number of likely N-dealkylation sites (N-methyl/N-ethyl adjacent to an activating group) is 1. The molecule has 0 bridgehead atoms. The molecule has 0 aromatic heterocycles. The Hall–Kier alpha value is -3.61. The number of benzene rings is 2. The quantitative estimate of drug-likeness (QED) is 0.861. The van der Waals surface area contributed by atoms with Crippen molar-refractivity contribution in [3.05, 3.63) is 76.5 Å². The average Bonchev–Trinajstić information content (AvgIpc) is 3.03. The van der Waals surface area contributed by atoms with Crippen LogP contribution in [0.25, 0.3) is 0 Å². The van der Waals surface area contributed by atoms with E-state index in [0.29, 0.717) is 17.0 Å². The smallest absolute Gasteiger partial charge is 0.335 e. The largest absolute Gasteiger partial charge is 0.478 e. The maximum Gasteiger partial charge on any atom is 0.335 e. The Bertz CT molecular complexity index is 1010. The van der Waals surface area contributed by atoms with E-state index in [-0.39, 0.29) is 24.0 Å². The highest BCUT2D eigenvalue weighted by Crippen LogP contribution is 2.37. The summed E-state index contributed by atoms with van der Waals surface area (Å²) in [5, 5.41) is 12.0. The Labute approximate surface area is 161 Å². The summed E-state index contributed by atoms with van der Waals surface area (Å²) in [5.74, 6) is -1.22. The van der Waals surface area contributed by atoms with Gasteiger partial charge in [0.15, 0.2) is 0 Å². The molecule has 2 aliphatic heterocycles. The van der Waals surface area contributed by atoms with Crippen molar-refractivity contribution in [1.29, 1.82) is 0 Å². The Morgan fingerprint density at radius 1 is 1.07 bits per heavy atom. The van der Waals surface area contributed by atoms with Crippen molar-refractivity contribution in [2.45, 2.75) is 13.0 Å². The molecule has 3 amide bonds. The lowest BCUT2D eigenvalue weighted by Crippen LogP contribution is -2.45. The van der Waals surface area contributed by atoms with E-state index >= 15 is 0 Å². The fraction of sp³-hybridized carbons (Fsp3) is 0.190. The van der Waals surface area contributed by atoms with Gasteiger partial charge < -0.3 is 15.3 Å². The molecule has 2 N–H and O–H groups in total. The van der Waals surface area contributed by atoms with Crippen LogP contribution in [0.3, 0.4) is 0 Å². The molecule has 4 rings (SSSR count). The second-order valence-electron chi connectivity index (χ2n) is 6.96. The van der Waals surface area contributed by atoms with Crippen LogP contribution in [-0.4, -0.2) is 41.5 Å². The minimum absolute atomic E-state index is 0.152. The Balaban J connectivity index is 1.71. The van der Waals surface area contributed by atoms with E-state index in [1.165, 1.54) is 17.0 Å². The van der Waals surface area contributed by atoms with Gasteiger partial charge in [-0.25, -0.2) is 9.59 Å². The molecule has 1 atom stereocenters. The van der Waals surface area contributed by atoms with E-state index in [2.05, 4.69) is 5.32 Å². The molecule has 2 aromatic carbocycles. The standard InChI is InChI=1S/C21H19N3O4/c1-12-3-5-13(6-4-12)18-17-16(23(2)21(28)22-18)11-24(19(17)25)15-9-7-14(8-10-15)20(26)27/h3-10,18H,11H2,1-2H3,(H,22,28)(H,26,27)/t18-/m0/s1. The number of hydrogen-bond acceptors (Lipinski definition) is 3. The molecule has 142 valence electrons. The van der Waals surface area contributed by atoms with Crippen molar-refractivity contribution >= 4 is 23.6 Å². The molecule has 0 radical (unpaired) electrons. The first-order valence-corrected chi connectivity index (χ1v) is 8.86. The molecule has 2 heterocycles. The van der Waals surface area contributed by atoms with Crippen molar-refractivity contribution < 1.29 is 19.5 Å². The summed E-state index contributed by atoms with van der Waals surface area (Å²) < 4.78 is 0. The number of nitrogens with one attached hydrogen (secondary N) is 1. The monoisotopic (exact) mass is 377 g/mol. The van der Waals surface area contributed by atoms with Crippen LogP contribution in [0.5, 0.6) is 0 Å². The summed E-state index contributed by atoms with van der Waals surface area (Å²) in [6.45, 7) is 2.23. The van der Waals surface area contributed by atoms with Gasteiger partial charge in [-0.15, -0.1) is 0 Å². The topological polar surface area (TPSA) is 90.0 Å². The molecule has 7 heteroatoms. The van der Waals surface area contributed by atoms with Gasteiger partial charge in [-0.3, -0.25) is 9.69 Å². The first-order valence-electron chi connectivity index (χ1n) is 8.86. The van der Waals surface area contributed by atoms with Crippen LogP contribution in [-0.2, 0) is 4.79 Å². The zero-order valence-electron chi connectivity index (χ0n) is 15.5. The van der Waals surface area contributed by atoms with Gasteiger partial charge in [0.25, 0.3) is 5.91 Å². The van der Waals surface area contributed by atoms with Crippen molar-refractivity contribution in [1.82, 2.24) is 10.2 Å². The molecular weight excluding hydrogens is 358 g/mol. The van der Waals surface area contributed by atoms with E-state index in [9.17, 15) is 14.4 Å². The second-order valence-corrected chi connectivity index (χ2v) is 6.96. The summed E-state index contributed by atoms with van der Waals surface area (Å²) in [7, 11) is 1.64. The highest BCUT2D eigenvalue weighted by atomic mass is 16.4. The van der Waals surface area contributed by atoms with Gasteiger partial charge in [-0.1, -0.05) is 29.8 Å². The Morgan fingerprint density at radius 2 is 1.71 bits per heavy atom. The number of anilines is 1. The fourth-order valence-electron chi connectivity index (χ4n) is 3.57. The summed E-state index contributed by atoms with van der Waals surface area (Å²) in [6, 6.07) is 13.1. The van der Waals surface area contributed by atoms with Crippen LogP contribution in [0.1, 0.15) is 27.5 Å². The summed E-state index contributed by atoms with van der Waals surface area (Å²) >= 11 is 0. The molecule has 0 fully saturated rings. The number of rotatable bonds is 3. The molecule has 0 saturated carbocycles. The molecular formula is C21H19N3O4. The average molecular weight is 377 g/mol. The zero-order valence-corrected chi connectivity index (χ0v) is 15.5. The number of carboxylic acids is 1. The lowest BCUT2D eigenvalue weighted by atomic mass is 9.95. The molecule has 28 heavy (non-hydrogen) atoms. The highest BCUT2D eigenvalue weighted by Gasteiger charge is 2.43. The predicted octanol–water partition coefficient (Wildman–Crippen LogP) is 2.69. The predicted molar refractivity (Wildman–Crippen MR) is 103 cm³/mol. The number of carbonyl (C=O) groups is 3. The van der Waals surface area contributed by atoms with Crippen LogP contribution in [0, 0.1) is 6.92 Å². The van der Waals surface area contributed by atoms with Gasteiger partial charge in [0.1, 0.15) is 0 Å². The number of urea groups is 1. The lowest BCUT2D eigenvalue weighted by Gasteiger charge is -2.31. The summed E-state index contributed by atoms with van der Waals surface area (Å²) in [5.41, 5.74) is 3.87. The first kappa shape index (κ1) is 17.8. The SMILES string of the molecule is Cc1ccc([C@@H]2NC(=O)N(C)C3=C2C(=O)N(c2ccc(C(=O)O)cc2)C3)cc1. The molecule has 0 spiro atoms. The molecule has 7 nitrogen and oxygen atoms in total. The minimum atomic E-state index is -1.02. The molecule has 2 aliphatic rings. The first-order chi connectivity index (χ1) is 13.4. The summed E-state index contributed by atoms with van der Waals surface area (Å²) in [6.07, 6.45) is 0. The van der Waals surface area contributed by atoms with Gasteiger partial charge in [0, 0.05) is 12.7 Å². The van der Waals surface area contributed by atoms with Crippen LogP contribution in [0.2, 0.25) is 0 Å². The van der Waals surface area contributed by atoms with E-state index < -0.39 is 12.0 Å². The maximum absolute atomic E-state index is 13.2. The number of nitrogens with zero attached hydrogens (tertiary/aromatic N) is 2. The van der Waals surface area contributed by atoms with Gasteiger partial charge in [0.05, 0.1) is 29.4 Å². The maximum atomic E-state index is 13.2. The summed E-state index contributed by atoms with van der Waals surface area (Å²) in [4.78, 5) is 39.8. The number of amides is 3. The normalized spacial score (nSPS) is 19.0. The second kappa shape index (κ2) is 6.53. The van der Waals surface area contributed by atoms with Gasteiger partial charge in [-0.05, 0) is 36.8 Å². The molecule has 2 aromatic rings. The van der Waals surface area contributed by atoms with Gasteiger partial charge >= 0.3 is 12.0 Å². The van der Waals surface area contributed by atoms with E-state index in [0.717, 1.165) is 11.1 Å². The number of carbonyl (C=O) groups excluding carboxylic acids is 2. The van der Waals surface area contributed by atoms with Crippen molar-refractivity contribution in [2.75, 3.05) is 18.5 Å². The number of aromatic carboxylic acids is 1. The van der Waals surface area contributed by atoms with E-state index in [1.54, 1.807) is 24.1 Å². The van der Waals surface area contributed by atoms with Gasteiger partial charge in [-0.2, -0.15) is 0 Å². The van der Waals surface area contributed by atoms with Crippen molar-refractivity contribution in [2.24, 2.45) is 0 Å². The number of aryl methyl sites for hydroxylation is 1. The molecule has 0 aliphatic carbocycles. The van der Waals surface area contributed by atoms with Crippen LogP contribution >= 0.6 is 0 Å². The molecule has 0 saturated heterocycles. The number of carboxylic acid groups (broad SMARTS) is 1. The zero-order chi connectivity index (χ0) is 20.0. The highest BCUT2D eigenvalue weighted by molar-refractivity contribution is 6.11. The van der Waals surface area contributed by atoms with Crippen LogP contribution in [0.4, 0.5) is 10.5 Å². The lowest BCUT2D eigenvalue weighted by molar-refractivity contribution is -0.114. The third-order valence-electron chi connectivity index (χ3n) is 5.20. The Kier molecular flexibility index (Phi) is 4.15. The van der Waals surface area contributed by atoms with Gasteiger partial charge in [0.2, 0.25) is 0 Å². The van der Waals surface area contributed by atoms with Crippen LogP contribution < -0.4 is 10.2 Å². The number of hydrogen-bond donors (Lipinski definition) is 2. The third kappa shape index (κ3) is 2.81. The third-order valence-corrected chi connectivity index (χ3v) is 5.20. The fourth-order valence-corrected chi connectivity index (χ4v) is 3.57. The van der Waals surface area contributed by atoms with Crippen molar-refractivity contribution in [3.8, 4) is 0 Å². The van der Waals surface area contributed by atoms with Crippen LogP contribution in [0.15, 0.2) is 59.8 Å². The minimum Gasteiger partial charge on any atom is -0.478 e. The molecule has 0 unspecified atom stereocenters. The Morgan fingerprint density at radius 3 is 2.32 bits per heavy atom. The van der Waals surface area contributed by atoms with E-state index in [4.69, 9.17) is 5.11 Å².